The minimum Gasteiger partial charge on any atom is -0.393 e. The van der Waals surface area contributed by atoms with Crippen LogP contribution in [0, 0.1) is 5.82 Å². The van der Waals surface area contributed by atoms with Crippen molar-refractivity contribution in [2.24, 2.45) is 0 Å². The number of halogens is 2. The second-order valence-electron chi connectivity index (χ2n) is 3.74. The molecule has 1 unspecified atom stereocenters. The summed E-state index contributed by atoms with van der Waals surface area (Å²) in [5, 5.41) is 10.0. The highest BCUT2D eigenvalue weighted by molar-refractivity contribution is 6.30. The summed E-state index contributed by atoms with van der Waals surface area (Å²) in [5.41, 5.74) is 0.531. The Balaban J connectivity index is 2.56. The number of benzene rings is 1. The molecular formula is C12H16ClFO. The van der Waals surface area contributed by atoms with E-state index >= 15 is 0 Å². The van der Waals surface area contributed by atoms with Crippen molar-refractivity contribution in [2.45, 2.75) is 38.7 Å². The zero-order chi connectivity index (χ0) is 11.3. The van der Waals surface area contributed by atoms with Crippen molar-refractivity contribution >= 4 is 11.6 Å². The Hall–Kier alpha value is -0.600. The molecule has 1 atom stereocenters. The monoisotopic (exact) mass is 230 g/mol. The van der Waals surface area contributed by atoms with Gasteiger partial charge < -0.3 is 5.11 Å². The first-order chi connectivity index (χ1) is 7.13. The molecule has 0 fully saturated rings. The van der Waals surface area contributed by atoms with E-state index in [4.69, 9.17) is 11.6 Å². The molecule has 84 valence electrons. The second-order valence-corrected chi connectivity index (χ2v) is 4.17. The molecule has 0 heterocycles. The third kappa shape index (κ3) is 4.18. The fourth-order valence-corrected chi connectivity index (χ4v) is 1.64. The van der Waals surface area contributed by atoms with E-state index < -0.39 is 6.10 Å². The van der Waals surface area contributed by atoms with Gasteiger partial charge in [-0.1, -0.05) is 37.4 Å². The Labute approximate surface area is 94.9 Å². The van der Waals surface area contributed by atoms with E-state index in [9.17, 15) is 9.50 Å². The Kier molecular flexibility index (Phi) is 5.06. The van der Waals surface area contributed by atoms with Crippen LogP contribution >= 0.6 is 11.6 Å². The number of aliphatic hydroxyl groups is 1. The smallest absolute Gasteiger partial charge is 0.127 e. The summed E-state index contributed by atoms with van der Waals surface area (Å²) in [6.45, 7) is 2.07. The lowest BCUT2D eigenvalue weighted by Crippen LogP contribution is -2.11. The number of aliphatic hydroxyl groups excluding tert-OH is 1. The lowest BCUT2D eigenvalue weighted by atomic mass is 10.0. The molecule has 0 amide bonds. The average molecular weight is 231 g/mol. The molecule has 0 radical (unpaired) electrons. The molecule has 0 bridgehead atoms. The number of hydrogen-bond donors (Lipinski definition) is 1. The molecule has 0 saturated heterocycles. The van der Waals surface area contributed by atoms with Crippen molar-refractivity contribution in [1.29, 1.82) is 0 Å². The SMILES string of the molecule is CCCCC(O)Cc1ccc(Cl)cc1F. The maximum Gasteiger partial charge on any atom is 0.127 e. The summed E-state index contributed by atoms with van der Waals surface area (Å²) < 4.78 is 13.3. The van der Waals surface area contributed by atoms with Gasteiger partial charge in [0.05, 0.1) is 6.10 Å². The first-order valence-electron chi connectivity index (χ1n) is 5.25. The van der Waals surface area contributed by atoms with Gasteiger partial charge in [-0.2, -0.15) is 0 Å². The maximum atomic E-state index is 13.3. The zero-order valence-corrected chi connectivity index (χ0v) is 9.60. The molecule has 1 aromatic rings. The standard InChI is InChI=1S/C12H16ClFO/c1-2-3-4-11(15)7-9-5-6-10(13)8-12(9)14/h5-6,8,11,15H,2-4,7H2,1H3. The molecule has 0 aliphatic carbocycles. The van der Waals surface area contributed by atoms with Crippen LogP contribution in [-0.4, -0.2) is 11.2 Å². The largest absolute Gasteiger partial charge is 0.393 e. The Morgan fingerprint density at radius 3 is 2.80 bits per heavy atom. The molecule has 15 heavy (non-hydrogen) atoms. The van der Waals surface area contributed by atoms with Gasteiger partial charge in [-0.15, -0.1) is 0 Å². The van der Waals surface area contributed by atoms with Gasteiger partial charge in [0.15, 0.2) is 0 Å². The van der Waals surface area contributed by atoms with Gasteiger partial charge in [-0.05, 0) is 24.1 Å². The maximum absolute atomic E-state index is 13.3. The minimum atomic E-state index is -0.458. The van der Waals surface area contributed by atoms with E-state index in [0.29, 0.717) is 17.0 Å². The zero-order valence-electron chi connectivity index (χ0n) is 8.84. The highest BCUT2D eigenvalue weighted by Crippen LogP contribution is 2.17. The quantitative estimate of drug-likeness (QED) is 0.820. The molecule has 1 aromatic carbocycles. The van der Waals surface area contributed by atoms with Gasteiger partial charge in [0.25, 0.3) is 0 Å². The topological polar surface area (TPSA) is 20.2 Å². The lowest BCUT2D eigenvalue weighted by molar-refractivity contribution is 0.160. The minimum absolute atomic E-state index is 0.335. The molecule has 1 rings (SSSR count). The van der Waals surface area contributed by atoms with E-state index in [1.165, 1.54) is 6.07 Å². The highest BCUT2D eigenvalue weighted by atomic mass is 35.5. The van der Waals surface area contributed by atoms with Crippen molar-refractivity contribution in [2.75, 3.05) is 0 Å². The number of unbranched alkanes of at least 4 members (excludes halogenated alkanes) is 1. The molecule has 0 spiro atoms. The van der Waals surface area contributed by atoms with Crippen molar-refractivity contribution in [3.63, 3.8) is 0 Å². The third-order valence-electron chi connectivity index (χ3n) is 2.36. The molecular weight excluding hydrogens is 215 g/mol. The number of hydrogen-bond acceptors (Lipinski definition) is 1. The van der Waals surface area contributed by atoms with Gasteiger partial charge in [0, 0.05) is 11.4 Å². The summed E-state index contributed by atoms with van der Waals surface area (Å²) in [6.07, 6.45) is 2.64. The van der Waals surface area contributed by atoms with Crippen LogP contribution in [0.25, 0.3) is 0 Å². The van der Waals surface area contributed by atoms with Crippen LogP contribution in [0.2, 0.25) is 5.02 Å². The van der Waals surface area contributed by atoms with Gasteiger partial charge in [-0.3, -0.25) is 0 Å². The third-order valence-corrected chi connectivity index (χ3v) is 2.60. The van der Waals surface area contributed by atoms with Crippen molar-refractivity contribution in [3.05, 3.63) is 34.6 Å². The van der Waals surface area contributed by atoms with Gasteiger partial charge in [0.2, 0.25) is 0 Å². The van der Waals surface area contributed by atoms with Crippen LogP contribution in [0.4, 0.5) is 4.39 Å². The summed E-state index contributed by atoms with van der Waals surface area (Å²) in [5.74, 6) is -0.335. The fraction of sp³-hybridized carbons (Fsp3) is 0.500. The fourth-order valence-electron chi connectivity index (χ4n) is 1.48. The van der Waals surface area contributed by atoms with Gasteiger partial charge in [-0.25, -0.2) is 4.39 Å². The summed E-state index contributed by atoms with van der Waals surface area (Å²) in [6, 6.07) is 4.56. The van der Waals surface area contributed by atoms with Crippen molar-refractivity contribution in [1.82, 2.24) is 0 Å². The molecule has 0 aliphatic rings. The van der Waals surface area contributed by atoms with E-state index in [1.54, 1.807) is 12.1 Å². The van der Waals surface area contributed by atoms with Crippen LogP contribution in [0.1, 0.15) is 31.7 Å². The normalized spacial score (nSPS) is 12.8. The van der Waals surface area contributed by atoms with Crippen LogP contribution in [0.15, 0.2) is 18.2 Å². The highest BCUT2D eigenvalue weighted by Gasteiger charge is 2.09. The van der Waals surface area contributed by atoms with E-state index in [2.05, 4.69) is 6.92 Å². The van der Waals surface area contributed by atoms with Crippen LogP contribution in [0.3, 0.4) is 0 Å². The van der Waals surface area contributed by atoms with Gasteiger partial charge in [0.1, 0.15) is 5.82 Å². The average Bonchev–Trinajstić information content (AvgIpc) is 2.19. The van der Waals surface area contributed by atoms with E-state index in [1.807, 2.05) is 0 Å². The van der Waals surface area contributed by atoms with Crippen LogP contribution < -0.4 is 0 Å². The van der Waals surface area contributed by atoms with Crippen molar-refractivity contribution < 1.29 is 9.50 Å². The van der Waals surface area contributed by atoms with Crippen LogP contribution in [0.5, 0.6) is 0 Å². The molecule has 0 aliphatic heterocycles. The van der Waals surface area contributed by atoms with E-state index in [-0.39, 0.29) is 5.82 Å². The Morgan fingerprint density at radius 2 is 2.20 bits per heavy atom. The molecule has 0 saturated carbocycles. The summed E-state index contributed by atoms with van der Waals surface area (Å²) in [4.78, 5) is 0. The summed E-state index contributed by atoms with van der Waals surface area (Å²) in [7, 11) is 0. The Bertz CT molecular complexity index is 314. The second kappa shape index (κ2) is 6.09. The molecule has 3 heteroatoms. The number of rotatable bonds is 5. The first kappa shape index (κ1) is 12.5. The van der Waals surface area contributed by atoms with E-state index in [0.717, 1.165) is 19.3 Å². The van der Waals surface area contributed by atoms with Crippen LogP contribution in [-0.2, 0) is 6.42 Å². The molecule has 1 N–H and O–H groups in total. The first-order valence-corrected chi connectivity index (χ1v) is 5.63. The molecule has 1 nitrogen and oxygen atoms in total. The predicted molar refractivity (Wildman–Crippen MR) is 60.6 cm³/mol. The molecule has 0 aromatic heterocycles. The summed E-state index contributed by atoms with van der Waals surface area (Å²) >= 11 is 5.63. The predicted octanol–water partition coefficient (Wildman–Crippen LogP) is 3.57. The van der Waals surface area contributed by atoms with Crippen molar-refractivity contribution in [3.8, 4) is 0 Å². The lowest BCUT2D eigenvalue weighted by Gasteiger charge is -2.10. The van der Waals surface area contributed by atoms with Gasteiger partial charge >= 0.3 is 0 Å². The Morgan fingerprint density at radius 1 is 1.47 bits per heavy atom.